The van der Waals surface area contributed by atoms with E-state index in [-0.39, 0.29) is 0 Å². The van der Waals surface area contributed by atoms with Crippen molar-refractivity contribution in [1.29, 1.82) is 0 Å². The third kappa shape index (κ3) is 0.916. The molecule has 0 amide bonds. The fourth-order valence-corrected chi connectivity index (χ4v) is 2.62. The van der Waals surface area contributed by atoms with Gasteiger partial charge in [-0.3, -0.25) is 4.79 Å². The van der Waals surface area contributed by atoms with E-state index in [2.05, 4.69) is 10.6 Å². The molecule has 0 saturated carbocycles. The molecule has 0 radical (unpaired) electrons. The Bertz CT molecular complexity index is 376. The van der Waals surface area contributed by atoms with Gasteiger partial charge in [-0.05, 0) is 37.3 Å². The molecule has 2 heterocycles. The molecule has 2 nitrogen and oxygen atoms in total. The number of aryl methyl sites for hydroxylation is 1. The van der Waals surface area contributed by atoms with Gasteiger partial charge >= 0.3 is 0 Å². The average Bonchev–Trinajstić information content (AvgIpc) is 2.65. The standard InChI is InChI=1S/C11H13NO/c13-11-5-2-6-12-9-4-1-3-8(9)7-10(11)12/h7H,1-6H2. The zero-order valence-corrected chi connectivity index (χ0v) is 7.68. The largest absolute Gasteiger partial charge is 0.342 e. The van der Waals surface area contributed by atoms with Crippen LogP contribution >= 0.6 is 0 Å². The summed E-state index contributed by atoms with van der Waals surface area (Å²) in [6.07, 6.45) is 5.43. The van der Waals surface area contributed by atoms with E-state index in [0.29, 0.717) is 5.78 Å². The van der Waals surface area contributed by atoms with E-state index in [9.17, 15) is 4.79 Å². The number of fused-ring (bicyclic) bond motifs is 3. The van der Waals surface area contributed by atoms with Gasteiger partial charge in [0.1, 0.15) is 0 Å². The molecule has 0 atom stereocenters. The first kappa shape index (κ1) is 7.36. The molecule has 68 valence electrons. The molecule has 0 aromatic carbocycles. The normalized spacial score (nSPS) is 20.2. The van der Waals surface area contributed by atoms with Gasteiger partial charge in [0.2, 0.25) is 0 Å². The lowest BCUT2D eigenvalue weighted by molar-refractivity contribution is 0.0954. The molecule has 1 aliphatic carbocycles. The molecule has 0 spiro atoms. The Hall–Kier alpha value is -1.05. The minimum Gasteiger partial charge on any atom is -0.342 e. The van der Waals surface area contributed by atoms with Crippen molar-refractivity contribution in [3.8, 4) is 0 Å². The van der Waals surface area contributed by atoms with Gasteiger partial charge in [-0.15, -0.1) is 0 Å². The molecule has 2 heteroatoms. The van der Waals surface area contributed by atoms with Crippen LogP contribution in [0.15, 0.2) is 6.07 Å². The van der Waals surface area contributed by atoms with Crippen molar-refractivity contribution >= 4 is 5.78 Å². The van der Waals surface area contributed by atoms with Gasteiger partial charge < -0.3 is 4.57 Å². The SMILES string of the molecule is O=C1CCCn2c1cc1c2CCC1. The summed E-state index contributed by atoms with van der Waals surface area (Å²) in [6.45, 7) is 1.07. The van der Waals surface area contributed by atoms with Crippen molar-refractivity contribution in [3.63, 3.8) is 0 Å². The van der Waals surface area contributed by atoms with Gasteiger partial charge in [-0.2, -0.15) is 0 Å². The molecular formula is C11H13NO. The number of nitrogens with zero attached hydrogens (tertiary/aromatic N) is 1. The highest BCUT2D eigenvalue weighted by Crippen LogP contribution is 2.29. The predicted molar refractivity (Wildman–Crippen MR) is 50.0 cm³/mol. The minimum absolute atomic E-state index is 0.348. The van der Waals surface area contributed by atoms with Crippen molar-refractivity contribution in [2.45, 2.75) is 38.6 Å². The van der Waals surface area contributed by atoms with Gasteiger partial charge in [-0.25, -0.2) is 0 Å². The molecule has 13 heavy (non-hydrogen) atoms. The van der Waals surface area contributed by atoms with Crippen LogP contribution in [0.3, 0.4) is 0 Å². The summed E-state index contributed by atoms with van der Waals surface area (Å²) < 4.78 is 2.26. The van der Waals surface area contributed by atoms with Crippen molar-refractivity contribution in [2.24, 2.45) is 0 Å². The first-order valence-electron chi connectivity index (χ1n) is 5.11. The Morgan fingerprint density at radius 2 is 2.08 bits per heavy atom. The second kappa shape index (κ2) is 2.47. The van der Waals surface area contributed by atoms with Crippen molar-refractivity contribution < 1.29 is 4.79 Å². The number of Topliss-reactive ketones (excluding diaryl/α,β-unsaturated/α-hetero) is 1. The molecule has 0 N–H and O–H groups in total. The molecule has 1 aliphatic heterocycles. The smallest absolute Gasteiger partial charge is 0.179 e. The summed E-state index contributed by atoms with van der Waals surface area (Å²) >= 11 is 0. The van der Waals surface area contributed by atoms with Crippen LogP contribution in [0.2, 0.25) is 0 Å². The van der Waals surface area contributed by atoms with Gasteiger partial charge in [0.05, 0.1) is 5.69 Å². The van der Waals surface area contributed by atoms with Gasteiger partial charge in [0, 0.05) is 18.7 Å². The van der Waals surface area contributed by atoms with E-state index in [0.717, 1.165) is 25.1 Å². The van der Waals surface area contributed by atoms with E-state index in [1.807, 2.05) is 0 Å². The quantitative estimate of drug-likeness (QED) is 0.590. The number of hydrogen-bond donors (Lipinski definition) is 0. The van der Waals surface area contributed by atoms with Crippen LogP contribution in [0, 0.1) is 0 Å². The number of carbonyl (C=O) groups is 1. The van der Waals surface area contributed by atoms with Crippen molar-refractivity contribution in [3.05, 3.63) is 23.0 Å². The maximum atomic E-state index is 11.6. The zero-order chi connectivity index (χ0) is 8.84. The first-order valence-corrected chi connectivity index (χ1v) is 5.11. The summed E-state index contributed by atoms with van der Waals surface area (Å²) in [7, 11) is 0. The maximum absolute atomic E-state index is 11.6. The van der Waals surface area contributed by atoms with E-state index in [1.165, 1.54) is 30.5 Å². The Morgan fingerprint density at radius 3 is 3.00 bits per heavy atom. The molecule has 0 bridgehead atoms. The monoisotopic (exact) mass is 175 g/mol. The predicted octanol–water partition coefficient (Wildman–Crippen LogP) is 1.95. The molecule has 0 unspecified atom stereocenters. The summed E-state index contributed by atoms with van der Waals surface area (Å²) in [4.78, 5) is 11.6. The van der Waals surface area contributed by atoms with Gasteiger partial charge in [0.25, 0.3) is 0 Å². The lowest BCUT2D eigenvalue weighted by atomic mass is 10.1. The highest BCUT2D eigenvalue weighted by Gasteiger charge is 2.25. The summed E-state index contributed by atoms with van der Waals surface area (Å²) in [5.41, 5.74) is 3.87. The maximum Gasteiger partial charge on any atom is 0.179 e. The topological polar surface area (TPSA) is 22.0 Å². The van der Waals surface area contributed by atoms with Crippen LogP contribution in [0.4, 0.5) is 0 Å². The molecule has 3 rings (SSSR count). The highest BCUT2D eigenvalue weighted by molar-refractivity contribution is 5.95. The zero-order valence-electron chi connectivity index (χ0n) is 7.68. The number of aromatic nitrogens is 1. The molecule has 1 aromatic heterocycles. The van der Waals surface area contributed by atoms with Crippen LogP contribution in [0.5, 0.6) is 0 Å². The first-order chi connectivity index (χ1) is 6.36. The Kier molecular flexibility index (Phi) is 1.40. The minimum atomic E-state index is 0.348. The van der Waals surface area contributed by atoms with Crippen molar-refractivity contribution in [1.82, 2.24) is 4.57 Å². The fraction of sp³-hybridized carbons (Fsp3) is 0.545. The fourth-order valence-electron chi connectivity index (χ4n) is 2.62. The highest BCUT2D eigenvalue weighted by atomic mass is 16.1. The van der Waals surface area contributed by atoms with E-state index < -0.39 is 0 Å². The summed E-state index contributed by atoms with van der Waals surface area (Å²) in [5, 5.41) is 0. The van der Waals surface area contributed by atoms with Crippen molar-refractivity contribution in [2.75, 3.05) is 0 Å². The molecular weight excluding hydrogens is 162 g/mol. The van der Waals surface area contributed by atoms with Gasteiger partial charge in [0.15, 0.2) is 5.78 Å². The molecule has 0 saturated heterocycles. The number of ketones is 1. The van der Waals surface area contributed by atoms with Crippen LogP contribution in [0.1, 0.15) is 41.0 Å². The lowest BCUT2D eigenvalue weighted by Gasteiger charge is -2.16. The second-order valence-electron chi connectivity index (χ2n) is 4.03. The van der Waals surface area contributed by atoms with E-state index >= 15 is 0 Å². The Morgan fingerprint density at radius 1 is 1.15 bits per heavy atom. The average molecular weight is 175 g/mol. The van der Waals surface area contributed by atoms with Crippen LogP contribution in [-0.2, 0) is 19.4 Å². The van der Waals surface area contributed by atoms with Gasteiger partial charge in [-0.1, -0.05) is 0 Å². The second-order valence-corrected chi connectivity index (χ2v) is 4.03. The third-order valence-electron chi connectivity index (χ3n) is 3.23. The van der Waals surface area contributed by atoms with Crippen LogP contribution in [-0.4, -0.2) is 10.4 Å². The molecule has 0 fully saturated rings. The van der Waals surface area contributed by atoms with E-state index in [1.54, 1.807) is 0 Å². The van der Waals surface area contributed by atoms with Crippen LogP contribution in [0.25, 0.3) is 0 Å². The Balaban J connectivity index is 2.19. The molecule has 2 aliphatic rings. The number of carbonyl (C=O) groups excluding carboxylic acids is 1. The summed E-state index contributed by atoms with van der Waals surface area (Å²) in [6, 6.07) is 2.13. The Labute approximate surface area is 77.6 Å². The third-order valence-corrected chi connectivity index (χ3v) is 3.23. The molecule has 1 aromatic rings. The lowest BCUT2D eigenvalue weighted by Crippen LogP contribution is -2.17. The van der Waals surface area contributed by atoms with E-state index in [4.69, 9.17) is 0 Å². The van der Waals surface area contributed by atoms with Crippen LogP contribution < -0.4 is 0 Å². The summed E-state index contributed by atoms with van der Waals surface area (Å²) in [5.74, 6) is 0.348. The number of hydrogen-bond acceptors (Lipinski definition) is 1. The number of rotatable bonds is 0.